The lowest BCUT2D eigenvalue weighted by atomic mass is 9.87. The van der Waals surface area contributed by atoms with Crippen molar-refractivity contribution in [2.45, 2.75) is 63.1 Å². The Morgan fingerprint density at radius 1 is 0.900 bits per heavy atom. The normalized spacial score (nSPS) is 19.1. The van der Waals surface area contributed by atoms with Crippen molar-refractivity contribution in [1.82, 2.24) is 30.9 Å². The van der Waals surface area contributed by atoms with E-state index in [1.165, 1.54) is 68.7 Å². The van der Waals surface area contributed by atoms with Crippen molar-refractivity contribution in [1.29, 1.82) is 0 Å². The first-order valence-corrected chi connectivity index (χ1v) is 26.1. The summed E-state index contributed by atoms with van der Waals surface area (Å²) in [5, 5.41) is 25.6. The first-order chi connectivity index (χ1) is 34.3. The van der Waals surface area contributed by atoms with Crippen LogP contribution in [0.25, 0.3) is 21.5 Å². The van der Waals surface area contributed by atoms with E-state index < -0.39 is 5.91 Å². The first-order valence-electron chi connectivity index (χ1n) is 23.5. The maximum Gasteiger partial charge on any atom is 0.303 e. The monoisotopic (exact) mass is 990 g/mol. The molecule has 3 atom stereocenters. The van der Waals surface area contributed by atoms with Gasteiger partial charge in [-0.15, -0.1) is 34.0 Å². The Balaban J connectivity index is 0.618. The second kappa shape index (κ2) is 20.2. The zero-order valence-corrected chi connectivity index (χ0v) is 40.5. The number of carbonyl (C=O) groups is 3. The molecule has 2 bridgehead atoms. The summed E-state index contributed by atoms with van der Waals surface area (Å²) >= 11 is 4.00. The van der Waals surface area contributed by atoms with Gasteiger partial charge in [0.2, 0.25) is 10.3 Å². The molecule has 1 aliphatic carbocycles. The highest BCUT2D eigenvalue weighted by Crippen LogP contribution is 2.35. The van der Waals surface area contributed by atoms with Crippen molar-refractivity contribution in [3.63, 3.8) is 0 Å². The molecule has 3 aliphatic heterocycles. The molecule has 7 aromatic rings. The molecule has 0 saturated carbocycles. The molecule has 356 valence electrons. The van der Waals surface area contributed by atoms with Crippen LogP contribution in [0.2, 0.25) is 0 Å². The Labute approximate surface area is 416 Å². The molecule has 2 saturated heterocycles. The van der Waals surface area contributed by atoms with E-state index in [-0.39, 0.29) is 23.6 Å². The van der Waals surface area contributed by atoms with Gasteiger partial charge >= 0.3 is 5.91 Å². The van der Waals surface area contributed by atoms with Crippen LogP contribution >= 0.6 is 34.0 Å². The molecule has 4 aromatic heterocycles. The number of thiophene rings is 1. The third-order valence-corrected chi connectivity index (χ3v) is 15.7. The average molecular weight is 991 g/mol. The fourth-order valence-corrected chi connectivity index (χ4v) is 11.8. The lowest BCUT2D eigenvalue weighted by Crippen LogP contribution is -2.51. The number of aryl methyl sites for hydroxylation is 2. The van der Waals surface area contributed by atoms with E-state index >= 15 is 0 Å². The number of thiazole rings is 2. The van der Waals surface area contributed by atoms with Crippen LogP contribution in [0.4, 0.5) is 21.6 Å². The van der Waals surface area contributed by atoms with E-state index in [9.17, 15) is 14.4 Å². The van der Waals surface area contributed by atoms with Crippen molar-refractivity contribution in [3.8, 4) is 11.3 Å². The number of hydrogen-bond donors (Lipinski definition) is 5. The van der Waals surface area contributed by atoms with Crippen molar-refractivity contribution >= 4 is 95.0 Å². The molecule has 3 amide bonds. The van der Waals surface area contributed by atoms with Crippen LogP contribution in [0.5, 0.6) is 0 Å². The van der Waals surface area contributed by atoms with E-state index in [2.05, 4.69) is 59.7 Å². The Kier molecular flexibility index (Phi) is 13.1. The van der Waals surface area contributed by atoms with Crippen molar-refractivity contribution in [2.24, 2.45) is 10.2 Å². The van der Waals surface area contributed by atoms with Gasteiger partial charge in [-0.3, -0.25) is 19.8 Å². The summed E-state index contributed by atoms with van der Waals surface area (Å²) in [5.41, 5.74) is 18.1. The highest BCUT2D eigenvalue weighted by atomic mass is 32.1. The molecule has 7 heterocycles. The highest BCUT2D eigenvalue weighted by molar-refractivity contribution is 7.21. The Morgan fingerprint density at radius 2 is 1.74 bits per heavy atom. The fourth-order valence-electron chi connectivity index (χ4n) is 9.54. The number of benzene rings is 3. The lowest BCUT2D eigenvalue weighted by molar-refractivity contribution is -0.112. The van der Waals surface area contributed by atoms with Crippen molar-refractivity contribution in [2.75, 3.05) is 53.9 Å². The minimum Gasteiger partial charge on any atom is -0.397 e. The van der Waals surface area contributed by atoms with E-state index in [4.69, 9.17) is 20.4 Å². The molecule has 19 heteroatoms. The molecule has 11 rings (SSSR count). The number of rotatable bonds is 16. The van der Waals surface area contributed by atoms with Gasteiger partial charge in [0.1, 0.15) is 15.4 Å². The fraction of sp³-hybridized carbons (Fsp3) is 0.294. The zero-order chi connectivity index (χ0) is 47.6. The van der Waals surface area contributed by atoms with E-state index in [0.717, 1.165) is 65.8 Å². The number of nitrogens with two attached hydrogens (primary N) is 1. The van der Waals surface area contributed by atoms with Gasteiger partial charge in [-0.1, -0.05) is 48.5 Å². The zero-order valence-electron chi connectivity index (χ0n) is 38.1. The standard InChI is InChI=1S/C51H50N12O4S3/c52-42-40-19-17-35(57-48(40)70-45(42)47(65)56-36-14-12-34-26-39(18-13-33(34)25-36)62-27-37-15-16-38(28-62)55-37)7-4-22-67-23-20-53-46(64)32-10-8-30(9-11-32)41-29-69-51(58-41)63-49(66)44(59-60-50-54-21-24-68-50)43(61-63)31-5-2-1-3-6-31/h1-3,5-6,8-11,13,17-19,21,24,26,29,36-38,55H,4,7,12,14-16,20,22-23,25,27-28,52H2,(H,53,64)(H,54,60)(H,56,65)/b59-44+/t36-,37-,38+/m0/s1. The number of nitrogen functional groups attached to an aromatic ring is 1. The van der Waals surface area contributed by atoms with Crippen molar-refractivity contribution in [3.05, 3.63) is 135 Å². The number of piperazine rings is 1. The molecule has 0 spiro atoms. The van der Waals surface area contributed by atoms with Gasteiger partial charge < -0.3 is 31.3 Å². The second-order valence-electron chi connectivity index (χ2n) is 17.8. The summed E-state index contributed by atoms with van der Waals surface area (Å²) in [7, 11) is 0. The van der Waals surface area contributed by atoms with Gasteiger partial charge in [-0.2, -0.15) is 15.2 Å². The minimum atomic E-state index is -0.414. The number of hydrogen-bond acceptors (Lipinski definition) is 16. The summed E-state index contributed by atoms with van der Waals surface area (Å²) in [6.07, 6.45) is 8.28. The van der Waals surface area contributed by atoms with E-state index in [0.29, 0.717) is 76.1 Å². The van der Waals surface area contributed by atoms with Crippen LogP contribution in [0.3, 0.4) is 0 Å². The predicted octanol–water partition coefficient (Wildman–Crippen LogP) is 7.28. The van der Waals surface area contributed by atoms with Gasteiger partial charge in [0.05, 0.1) is 18.0 Å². The number of nitrogens with zero attached hydrogens (tertiary/aromatic N) is 7. The van der Waals surface area contributed by atoms with Gasteiger partial charge in [-0.05, 0) is 92.5 Å². The SMILES string of the molecule is Nc1c(C(=O)N[C@H]2CCc3cc(N4C[C@H]5CC[C@@H](C4)N5)ccc3C2)sc2nc(CCCOCCNC(=O)c3ccc(-c4csc(N5N=C(c6ccccc6)/C(=N\Nc6nccs6)C5=O)n4)cc3)ccc12. The first kappa shape index (κ1) is 45.5. The van der Waals surface area contributed by atoms with Crippen LogP contribution in [-0.2, 0) is 28.8 Å². The number of amides is 3. The molecule has 0 unspecified atom stereocenters. The molecular weight excluding hydrogens is 941 g/mol. The average Bonchev–Trinajstić information content (AvgIpc) is 4.25. The summed E-state index contributed by atoms with van der Waals surface area (Å²) < 4.78 is 5.84. The molecular formula is C51H50N12O4S3. The van der Waals surface area contributed by atoms with Crippen molar-refractivity contribution < 1.29 is 19.1 Å². The molecule has 6 N–H and O–H groups in total. The predicted molar refractivity (Wildman–Crippen MR) is 279 cm³/mol. The number of ether oxygens (including phenoxy) is 1. The van der Waals surface area contributed by atoms with E-state index in [1.54, 1.807) is 18.3 Å². The molecule has 4 aliphatic rings. The quantitative estimate of drug-likeness (QED) is 0.0481. The summed E-state index contributed by atoms with van der Waals surface area (Å²) in [5.74, 6) is -0.767. The number of fused-ring (bicyclic) bond motifs is 4. The smallest absolute Gasteiger partial charge is 0.303 e. The summed E-state index contributed by atoms with van der Waals surface area (Å²) in [4.78, 5) is 57.7. The number of aromatic nitrogens is 3. The highest BCUT2D eigenvalue weighted by Gasteiger charge is 2.36. The van der Waals surface area contributed by atoms with Gasteiger partial charge in [0, 0.05) is 94.8 Å². The third-order valence-electron chi connectivity index (χ3n) is 13.1. The maximum absolute atomic E-state index is 13.6. The van der Waals surface area contributed by atoms with Crippen LogP contribution in [0.1, 0.15) is 68.1 Å². The number of hydrazone groups is 2. The maximum atomic E-state index is 13.6. The van der Waals surface area contributed by atoms with Crippen LogP contribution in [-0.4, -0.2) is 95.1 Å². The minimum absolute atomic E-state index is 0.0515. The number of carbonyl (C=O) groups excluding carboxylic acids is 3. The molecule has 0 radical (unpaired) electrons. The largest absolute Gasteiger partial charge is 0.397 e. The number of nitrogens with one attached hydrogen (secondary N) is 4. The van der Waals surface area contributed by atoms with Crippen LogP contribution in [0, 0.1) is 0 Å². The van der Waals surface area contributed by atoms with Crippen LogP contribution < -0.4 is 37.0 Å². The van der Waals surface area contributed by atoms with E-state index in [1.807, 2.05) is 65.4 Å². The molecule has 16 nitrogen and oxygen atoms in total. The molecule has 70 heavy (non-hydrogen) atoms. The molecule has 2 fully saturated rings. The Hall–Kier alpha value is -6.90. The Morgan fingerprint density at radius 3 is 2.56 bits per heavy atom. The topological polar surface area (TPSA) is 204 Å². The lowest BCUT2D eigenvalue weighted by Gasteiger charge is -2.35. The third kappa shape index (κ3) is 9.80. The van der Waals surface area contributed by atoms with Gasteiger partial charge in [-0.25, -0.2) is 15.0 Å². The summed E-state index contributed by atoms with van der Waals surface area (Å²) in [6, 6.07) is 28.6. The van der Waals surface area contributed by atoms with Gasteiger partial charge in [0.25, 0.3) is 11.8 Å². The number of pyridine rings is 1. The van der Waals surface area contributed by atoms with Crippen LogP contribution in [0.15, 0.2) is 112 Å². The molecule has 3 aromatic carbocycles. The second-order valence-corrected chi connectivity index (χ2v) is 20.5. The van der Waals surface area contributed by atoms with Gasteiger partial charge in [0.15, 0.2) is 5.71 Å². The number of anilines is 4. The summed E-state index contributed by atoms with van der Waals surface area (Å²) in [6.45, 7) is 3.36. The Bertz CT molecular complexity index is 3110.